The van der Waals surface area contributed by atoms with Crippen LogP contribution in [0.15, 0.2) is 84.9 Å². The summed E-state index contributed by atoms with van der Waals surface area (Å²) < 4.78 is 0. The molecule has 4 aromatic carbocycles. The Labute approximate surface area is 207 Å². The second kappa shape index (κ2) is 10.2. The van der Waals surface area contributed by atoms with Crippen molar-refractivity contribution >= 4 is 27.5 Å². The fraction of sp³-hybridized carbons (Fsp3) is 0.226. The first-order valence-corrected chi connectivity index (χ1v) is 12.3. The molecule has 0 saturated carbocycles. The summed E-state index contributed by atoms with van der Waals surface area (Å²) in [7, 11) is 4.21. The van der Waals surface area contributed by atoms with Crippen LogP contribution in [-0.4, -0.2) is 42.1 Å². The molecule has 1 N–H and O–H groups in total. The van der Waals surface area contributed by atoms with Gasteiger partial charge in [-0.25, -0.2) is 9.97 Å². The predicted molar refractivity (Wildman–Crippen MR) is 148 cm³/mol. The average molecular weight is 461 g/mol. The number of para-hydroxylation sites is 1. The lowest BCUT2D eigenvalue weighted by Gasteiger charge is -2.15. The van der Waals surface area contributed by atoms with Crippen LogP contribution in [-0.2, 0) is 6.42 Å². The van der Waals surface area contributed by atoms with Gasteiger partial charge in [-0.15, -0.1) is 0 Å². The Morgan fingerprint density at radius 1 is 0.800 bits per heavy atom. The summed E-state index contributed by atoms with van der Waals surface area (Å²) >= 11 is 0. The summed E-state index contributed by atoms with van der Waals surface area (Å²) in [6.45, 7) is 4.03. The number of hydrogen-bond donors (Lipinski definition) is 1. The van der Waals surface area contributed by atoms with Gasteiger partial charge < -0.3 is 10.2 Å². The molecule has 5 rings (SSSR count). The molecule has 0 atom stereocenters. The lowest BCUT2D eigenvalue weighted by molar-refractivity contribution is 0.405. The largest absolute Gasteiger partial charge is 0.369 e. The van der Waals surface area contributed by atoms with Crippen molar-refractivity contribution in [1.82, 2.24) is 14.9 Å². The molecule has 0 amide bonds. The Bertz CT molecular complexity index is 1460. The highest BCUT2D eigenvalue weighted by Gasteiger charge is 2.13. The number of aromatic nitrogens is 2. The van der Waals surface area contributed by atoms with Crippen molar-refractivity contribution in [3.05, 3.63) is 102 Å². The second-order valence-corrected chi connectivity index (χ2v) is 9.47. The van der Waals surface area contributed by atoms with Crippen LogP contribution in [0.4, 0.5) is 5.82 Å². The van der Waals surface area contributed by atoms with E-state index < -0.39 is 0 Å². The molecule has 0 aliphatic rings. The molecule has 1 aromatic heterocycles. The third-order valence-corrected chi connectivity index (χ3v) is 6.45. The van der Waals surface area contributed by atoms with Crippen molar-refractivity contribution in [3.63, 3.8) is 0 Å². The zero-order valence-corrected chi connectivity index (χ0v) is 20.8. The minimum Gasteiger partial charge on any atom is -0.369 e. The maximum Gasteiger partial charge on any atom is 0.162 e. The van der Waals surface area contributed by atoms with Crippen molar-refractivity contribution in [3.8, 4) is 11.4 Å². The monoisotopic (exact) mass is 460 g/mol. The third-order valence-electron chi connectivity index (χ3n) is 6.45. The van der Waals surface area contributed by atoms with Crippen molar-refractivity contribution in [2.75, 3.05) is 32.5 Å². The smallest absolute Gasteiger partial charge is 0.162 e. The predicted octanol–water partition coefficient (Wildman–Crippen LogP) is 6.71. The van der Waals surface area contributed by atoms with Gasteiger partial charge in [0.25, 0.3) is 0 Å². The quantitative estimate of drug-likeness (QED) is 0.261. The van der Waals surface area contributed by atoms with E-state index >= 15 is 0 Å². The van der Waals surface area contributed by atoms with Crippen LogP contribution < -0.4 is 5.32 Å². The van der Waals surface area contributed by atoms with E-state index in [9.17, 15) is 0 Å². The maximum atomic E-state index is 5.06. The highest BCUT2D eigenvalue weighted by Crippen LogP contribution is 2.31. The van der Waals surface area contributed by atoms with E-state index in [-0.39, 0.29) is 0 Å². The molecule has 0 fully saturated rings. The van der Waals surface area contributed by atoms with E-state index in [1.807, 2.05) is 0 Å². The lowest BCUT2D eigenvalue weighted by atomic mass is 9.95. The number of anilines is 1. The van der Waals surface area contributed by atoms with Crippen LogP contribution in [0.2, 0.25) is 0 Å². The highest BCUT2D eigenvalue weighted by atomic mass is 15.1. The molecule has 35 heavy (non-hydrogen) atoms. The van der Waals surface area contributed by atoms with Crippen molar-refractivity contribution in [1.29, 1.82) is 0 Å². The zero-order valence-electron chi connectivity index (χ0n) is 20.8. The van der Waals surface area contributed by atoms with E-state index in [0.717, 1.165) is 59.6 Å². The van der Waals surface area contributed by atoms with Gasteiger partial charge >= 0.3 is 0 Å². The molecule has 0 spiro atoms. The summed E-state index contributed by atoms with van der Waals surface area (Å²) in [5.74, 6) is 1.67. The first-order valence-electron chi connectivity index (χ1n) is 12.3. The summed E-state index contributed by atoms with van der Waals surface area (Å²) in [4.78, 5) is 12.3. The molecular formula is C31H32N4. The first kappa shape index (κ1) is 23.0. The van der Waals surface area contributed by atoms with Crippen LogP contribution >= 0.6 is 0 Å². The number of nitrogens with zero attached hydrogens (tertiary/aromatic N) is 3. The molecule has 4 nitrogen and oxygen atoms in total. The lowest BCUT2D eigenvalue weighted by Crippen LogP contribution is -2.17. The van der Waals surface area contributed by atoms with E-state index in [1.54, 1.807) is 0 Å². The van der Waals surface area contributed by atoms with Crippen molar-refractivity contribution in [2.24, 2.45) is 0 Å². The summed E-state index contributed by atoms with van der Waals surface area (Å²) in [5.41, 5.74) is 5.81. The molecule has 176 valence electrons. The molecule has 0 saturated heterocycles. The number of fused-ring (bicyclic) bond motifs is 2. The number of benzene rings is 4. The fourth-order valence-corrected chi connectivity index (χ4v) is 4.64. The Hall–Kier alpha value is -3.76. The third kappa shape index (κ3) is 5.18. The molecular weight excluding hydrogens is 428 g/mol. The Kier molecular flexibility index (Phi) is 6.73. The number of nitrogens with one attached hydrogen (secondary N) is 1. The minimum absolute atomic E-state index is 0.766. The Morgan fingerprint density at radius 2 is 1.57 bits per heavy atom. The Morgan fingerprint density at radius 3 is 2.40 bits per heavy atom. The molecule has 5 aromatic rings. The van der Waals surface area contributed by atoms with E-state index in [2.05, 4.69) is 116 Å². The van der Waals surface area contributed by atoms with Crippen LogP contribution in [0.5, 0.6) is 0 Å². The number of hydrogen-bond acceptors (Lipinski definition) is 4. The van der Waals surface area contributed by atoms with Crippen LogP contribution in [0.1, 0.15) is 23.1 Å². The SMILES string of the molecule is Cc1cccc2c(NCCCN(C)C)nc(-c3cc(Cc4ccccc4)c4ccccc4c3)nc12. The molecule has 0 aliphatic carbocycles. The molecule has 0 radical (unpaired) electrons. The van der Waals surface area contributed by atoms with Gasteiger partial charge in [-0.3, -0.25) is 0 Å². The second-order valence-electron chi connectivity index (χ2n) is 9.47. The van der Waals surface area contributed by atoms with Gasteiger partial charge in [0, 0.05) is 17.5 Å². The van der Waals surface area contributed by atoms with Gasteiger partial charge in [-0.1, -0.05) is 66.7 Å². The fourth-order valence-electron chi connectivity index (χ4n) is 4.64. The number of aryl methyl sites for hydroxylation is 1. The van der Waals surface area contributed by atoms with Crippen molar-refractivity contribution in [2.45, 2.75) is 19.8 Å². The minimum atomic E-state index is 0.766. The van der Waals surface area contributed by atoms with Gasteiger partial charge in [-0.05, 0) is 86.1 Å². The standard InChI is InChI=1S/C31H32N4/c1-22-11-9-16-28-29(22)33-30(34-31(28)32-17-10-18-35(2)3)26-20-24-14-7-8-15-27(24)25(21-26)19-23-12-5-4-6-13-23/h4-9,11-16,20-21H,10,17-19H2,1-3H3,(H,32,33,34). The number of rotatable bonds is 8. The van der Waals surface area contributed by atoms with Gasteiger partial charge in [-0.2, -0.15) is 0 Å². The molecule has 0 unspecified atom stereocenters. The molecule has 0 aliphatic heterocycles. The molecule has 1 heterocycles. The average Bonchev–Trinajstić information content (AvgIpc) is 2.87. The van der Waals surface area contributed by atoms with E-state index in [4.69, 9.17) is 9.97 Å². The van der Waals surface area contributed by atoms with E-state index in [0.29, 0.717) is 0 Å². The van der Waals surface area contributed by atoms with Crippen LogP contribution in [0.25, 0.3) is 33.1 Å². The summed E-state index contributed by atoms with van der Waals surface area (Å²) in [6, 6.07) is 30.1. The van der Waals surface area contributed by atoms with Gasteiger partial charge in [0.2, 0.25) is 0 Å². The zero-order chi connectivity index (χ0) is 24.2. The van der Waals surface area contributed by atoms with Gasteiger partial charge in [0.15, 0.2) is 5.82 Å². The highest BCUT2D eigenvalue weighted by molar-refractivity contribution is 5.94. The summed E-state index contributed by atoms with van der Waals surface area (Å²) in [6.07, 6.45) is 1.92. The maximum absolute atomic E-state index is 5.06. The van der Waals surface area contributed by atoms with Crippen molar-refractivity contribution < 1.29 is 0 Å². The van der Waals surface area contributed by atoms with Crippen LogP contribution in [0, 0.1) is 6.92 Å². The topological polar surface area (TPSA) is 41.0 Å². The van der Waals surface area contributed by atoms with E-state index in [1.165, 1.54) is 21.9 Å². The first-order chi connectivity index (χ1) is 17.1. The Balaban J connectivity index is 1.60. The molecule has 4 heteroatoms. The molecule has 0 bridgehead atoms. The normalized spacial score (nSPS) is 11.4. The van der Waals surface area contributed by atoms with Crippen LogP contribution in [0.3, 0.4) is 0 Å². The summed E-state index contributed by atoms with van der Waals surface area (Å²) in [5, 5.41) is 7.16. The van der Waals surface area contributed by atoms with Gasteiger partial charge in [0.1, 0.15) is 5.82 Å². The van der Waals surface area contributed by atoms with Gasteiger partial charge in [0.05, 0.1) is 5.52 Å².